The quantitative estimate of drug-likeness (QED) is 0.584. The molecule has 7 heteroatoms. The summed E-state index contributed by atoms with van der Waals surface area (Å²) in [5.41, 5.74) is 1.20. The van der Waals surface area contributed by atoms with Crippen LogP contribution in [0.1, 0.15) is 5.56 Å². The maximum absolute atomic E-state index is 12.3. The number of hydrogen-bond donors (Lipinski definition) is 1. The van der Waals surface area contributed by atoms with Gasteiger partial charge in [0.05, 0.1) is 12.1 Å². The Kier molecular flexibility index (Phi) is 6.32. The zero-order valence-electron chi connectivity index (χ0n) is 16.7. The fourth-order valence-corrected chi connectivity index (χ4v) is 3.02. The van der Waals surface area contributed by atoms with Crippen LogP contribution in [0.4, 0.5) is 5.69 Å². The number of nitrogens with one attached hydrogen (secondary N) is 1. The molecule has 158 valence electrons. The topological polar surface area (TPSA) is 83.1 Å². The summed E-state index contributed by atoms with van der Waals surface area (Å²) < 4.78 is 21.9. The second kappa shape index (κ2) is 9.67. The van der Waals surface area contributed by atoms with Gasteiger partial charge >= 0.3 is 5.97 Å². The number of anilines is 1. The Morgan fingerprint density at radius 2 is 1.61 bits per heavy atom. The van der Waals surface area contributed by atoms with Crippen molar-refractivity contribution >= 4 is 17.6 Å². The van der Waals surface area contributed by atoms with Crippen LogP contribution in [0.3, 0.4) is 0 Å². The zero-order chi connectivity index (χ0) is 21.5. The third-order valence-electron chi connectivity index (χ3n) is 4.45. The van der Waals surface area contributed by atoms with E-state index in [2.05, 4.69) is 5.32 Å². The first kappa shape index (κ1) is 20.3. The number of hydrogen-bond acceptors (Lipinski definition) is 6. The molecule has 0 unspecified atom stereocenters. The molecule has 3 aromatic carbocycles. The minimum absolute atomic E-state index is 0.0254. The van der Waals surface area contributed by atoms with Crippen LogP contribution >= 0.6 is 0 Å². The van der Waals surface area contributed by atoms with Crippen LogP contribution in [0.15, 0.2) is 72.8 Å². The maximum Gasteiger partial charge on any atom is 0.310 e. The van der Waals surface area contributed by atoms with Crippen LogP contribution in [-0.4, -0.2) is 31.7 Å². The number of rotatable bonds is 7. The Morgan fingerprint density at radius 3 is 2.45 bits per heavy atom. The molecular weight excluding hydrogens is 398 g/mol. The van der Waals surface area contributed by atoms with Gasteiger partial charge < -0.3 is 24.3 Å². The van der Waals surface area contributed by atoms with Crippen molar-refractivity contribution in [1.82, 2.24) is 0 Å². The lowest BCUT2D eigenvalue weighted by molar-refractivity contribution is -0.146. The van der Waals surface area contributed by atoms with Crippen molar-refractivity contribution in [3.05, 3.63) is 78.4 Å². The number of benzene rings is 3. The van der Waals surface area contributed by atoms with Gasteiger partial charge in [-0.3, -0.25) is 9.59 Å². The summed E-state index contributed by atoms with van der Waals surface area (Å²) in [6, 6.07) is 21.6. The molecule has 0 aliphatic carbocycles. The zero-order valence-corrected chi connectivity index (χ0v) is 16.7. The number of ether oxygens (including phenoxy) is 4. The van der Waals surface area contributed by atoms with Gasteiger partial charge in [0.15, 0.2) is 23.9 Å². The van der Waals surface area contributed by atoms with Crippen molar-refractivity contribution in [3.8, 4) is 23.0 Å². The number of fused-ring (bicyclic) bond motifs is 1. The number of para-hydroxylation sites is 3. The fourth-order valence-electron chi connectivity index (χ4n) is 3.02. The summed E-state index contributed by atoms with van der Waals surface area (Å²) in [7, 11) is 0. The first-order valence-electron chi connectivity index (χ1n) is 9.83. The first-order valence-corrected chi connectivity index (χ1v) is 9.83. The van der Waals surface area contributed by atoms with Gasteiger partial charge in [0.1, 0.15) is 19.0 Å². The van der Waals surface area contributed by atoms with Crippen LogP contribution in [0, 0.1) is 0 Å². The number of amides is 1. The molecule has 0 bridgehead atoms. The van der Waals surface area contributed by atoms with E-state index in [1.807, 2.05) is 30.3 Å². The predicted molar refractivity (Wildman–Crippen MR) is 114 cm³/mol. The molecule has 0 saturated carbocycles. The number of carbonyl (C=O) groups excluding carboxylic acids is 2. The Hall–Kier alpha value is -4.00. The molecule has 0 spiro atoms. The Bertz CT molecular complexity index is 1070. The molecule has 7 nitrogen and oxygen atoms in total. The van der Waals surface area contributed by atoms with Crippen molar-refractivity contribution in [2.45, 2.75) is 6.42 Å². The Morgan fingerprint density at radius 1 is 0.871 bits per heavy atom. The average molecular weight is 419 g/mol. The van der Waals surface area contributed by atoms with Gasteiger partial charge in [-0.1, -0.05) is 36.4 Å². The Labute approximate surface area is 179 Å². The molecule has 0 atom stereocenters. The van der Waals surface area contributed by atoms with E-state index in [1.54, 1.807) is 42.5 Å². The highest BCUT2D eigenvalue weighted by Crippen LogP contribution is 2.31. The molecule has 0 saturated heterocycles. The molecule has 1 N–H and O–H groups in total. The van der Waals surface area contributed by atoms with Crippen molar-refractivity contribution < 1.29 is 28.5 Å². The normalized spacial score (nSPS) is 12.0. The molecule has 3 aromatic rings. The van der Waals surface area contributed by atoms with Crippen LogP contribution in [0.5, 0.6) is 23.0 Å². The molecule has 4 rings (SSSR count). The van der Waals surface area contributed by atoms with Gasteiger partial charge in [-0.2, -0.15) is 0 Å². The van der Waals surface area contributed by atoms with Crippen molar-refractivity contribution in [2.75, 3.05) is 25.1 Å². The minimum Gasteiger partial charge on any atom is -0.486 e. The number of esters is 1. The van der Waals surface area contributed by atoms with E-state index < -0.39 is 18.5 Å². The lowest BCUT2D eigenvalue weighted by Crippen LogP contribution is -2.22. The molecule has 0 fully saturated rings. The summed E-state index contributed by atoms with van der Waals surface area (Å²) in [6.07, 6.45) is 0.0254. The van der Waals surface area contributed by atoms with Gasteiger partial charge in [0.25, 0.3) is 5.91 Å². The van der Waals surface area contributed by atoms with E-state index in [1.165, 1.54) is 0 Å². The third kappa shape index (κ3) is 5.54. The summed E-state index contributed by atoms with van der Waals surface area (Å²) in [5.74, 6) is 1.42. The minimum atomic E-state index is -0.513. The van der Waals surface area contributed by atoms with E-state index in [4.69, 9.17) is 18.9 Å². The van der Waals surface area contributed by atoms with Crippen molar-refractivity contribution in [2.24, 2.45) is 0 Å². The van der Waals surface area contributed by atoms with E-state index in [-0.39, 0.29) is 6.42 Å². The molecule has 31 heavy (non-hydrogen) atoms. The standard InChI is InChI=1S/C24H21NO6/c26-23(25-19-8-4-5-9-20(19)31-18-6-2-1-3-7-18)16-30-24(27)15-17-10-11-21-22(14-17)29-13-12-28-21/h1-11,14H,12-13,15-16H2,(H,25,26). The molecule has 0 radical (unpaired) electrons. The van der Waals surface area contributed by atoms with E-state index in [0.717, 1.165) is 5.56 Å². The van der Waals surface area contributed by atoms with Gasteiger partial charge in [-0.15, -0.1) is 0 Å². The monoisotopic (exact) mass is 419 g/mol. The number of carbonyl (C=O) groups is 2. The van der Waals surface area contributed by atoms with E-state index >= 15 is 0 Å². The second-order valence-corrected chi connectivity index (χ2v) is 6.77. The summed E-state index contributed by atoms with van der Waals surface area (Å²) in [4.78, 5) is 24.4. The summed E-state index contributed by atoms with van der Waals surface area (Å²) in [5, 5.41) is 2.71. The van der Waals surface area contributed by atoms with Gasteiger partial charge in [0.2, 0.25) is 0 Å². The highest BCUT2D eigenvalue weighted by Gasteiger charge is 2.15. The first-order chi connectivity index (χ1) is 15.2. The Balaban J connectivity index is 1.30. The molecule has 1 aliphatic rings. The second-order valence-electron chi connectivity index (χ2n) is 6.77. The average Bonchev–Trinajstić information content (AvgIpc) is 2.80. The molecule has 1 aliphatic heterocycles. The summed E-state index contributed by atoms with van der Waals surface area (Å²) in [6.45, 7) is 0.572. The van der Waals surface area contributed by atoms with Crippen LogP contribution in [0.25, 0.3) is 0 Å². The van der Waals surface area contributed by atoms with Gasteiger partial charge in [0, 0.05) is 0 Å². The molecular formula is C24H21NO6. The van der Waals surface area contributed by atoms with Crippen LogP contribution < -0.4 is 19.5 Å². The van der Waals surface area contributed by atoms with Crippen LogP contribution in [-0.2, 0) is 20.7 Å². The van der Waals surface area contributed by atoms with Crippen LogP contribution in [0.2, 0.25) is 0 Å². The summed E-state index contributed by atoms with van der Waals surface area (Å²) >= 11 is 0. The van der Waals surface area contributed by atoms with Gasteiger partial charge in [-0.25, -0.2) is 0 Å². The highest BCUT2D eigenvalue weighted by atomic mass is 16.6. The van der Waals surface area contributed by atoms with E-state index in [0.29, 0.717) is 41.9 Å². The van der Waals surface area contributed by atoms with E-state index in [9.17, 15) is 9.59 Å². The van der Waals surface area contributed by atoms with Crippen molar-refractivity contribution in [1.29, 1.82) is 0 Å². The third-order valence-corrected chi connectivity index (χ3v) is 4.45. The molecule has 1 amide bonds. The molecule has 0 aromatic heterocycles. The SMILES string of the molecule is O=C(COC(=O)Cc1ccc2c(c1)OCCO2)Nc1ccccc1Oc1ccccc1. The largest absolute Gasteiger partial charge is 0.486 e. The lowest BCUT2D eigenvalue weighted by atomic mass is 10.1. The molecule has 1 heterocycles. The van der Waals surface area contributed by atoms with Crippen molar-refractivity contribution in [3.63, 3.8) is 0 Å². The highest BCUT2D eigenvalue weighted by molar-refractivity contribution is 5.94. The predicted octanol–water partition coefficient (Wildman–Crippen LogP) is 3.97. The smallest absolute Gasteiger partial charge is 0.310 e. The van der Waals surface area contributed by atoms with Gasteiger partial charge in [-0.05, 0) is 42.0 Å². The lowest BCUT2D eigenvalue weighted by Gasteiger charge is -2.18. The maximum atomic E-state index is 12.3. The fraction of sp³-hybridized carbons (Fsp3) is 0.167.